The summed E-state index contributed by atoms with van der Waals surface area (Å²) in [7, 11) is 0. The number of amides is 3. The number of hydrogen-bond donors (Lipinski definition) is 2. The first kappa shape index (κ1) is 23.8. The number of nitrogens with zero attached hydrogens (tertiary/aromatic N) is 2. The number of hydrogen-bond acceptors (Lipinski definition) is 6. The number of nitrogens with one attached hydrogen (secondary N) is 2. The lowest BCUT2D eigenvalue weighted by atomic mass is 9.98. The summed E-state index contributed by atoms with van der Waals surface area (Å²) in [6, 6.07) is 8.59. The van der Waals surface area contributed by atoms with Crippen LogP contribution in [0.15, 0.2) is 36.4 Å². The van der Waals surface area contributed by atoms with Crippen LogP contribution in [0.25, 0.3) is 0 Å². The van der Waals surface area contributed by atoms with Gasteiger partial charge in [-0.3, -0.25) is 24.6 Å². The highest BCUT2D eigenvalue weighted by Gasteiger charge is 2.40. The minimum atomic E-state index is -2.30. The minimum Gasteiger partial charge on any atom is -0.381 e. The topological polar surface area (TPSA) is 91.0 Å². The lowest BCUT2D eigenvalue weighted by Crippen LogP contribution is -2.56. The zero-order valence-electron chi connectivity index (χ0n) is 24.2. The van der Waals surface area contributed by atoms with Gasteiger partial charge in [-0.15, -0.1) is 0 Å². The van der Waals surface area contributed by atoms with Gasteiger partial charge in [-0.2, -0.15) is 0 Å². The van der Waals surface area contributed by atoms with Crippen LogP contribution >= 0.6 is 0 Å². The van der Waals surface area contributed by atoms with Crippen molar-refractivity contribution in [3.05, 3.63) is 64.5 Å². The van der Waals surface area contributed by atoms with E-state index in [-0.39, 0.29) is 48.0 Å². The van der Waals surface area contributed by atoms with Gasteiger partial charge in [0.25, 0.3) is 5.91 Å². The molecular weight excluding hydrogens is 487 g/mol. The molecule has 8 nitrogen and oxygen atoms in total. The number of carbonyl (C=O) groups is 3. The quantitative estimate of drug-likeness (QED) is 0.562. The van der Waals surface area contributed by atoms with Crippen molar-refractivity contribution >= 4 is 23.4 Å². The Morgan fingerprint density at radius 3 is 2.58 bits per heavy atom. The van der Waals surface area contributed by atoms with E-state index in [1.54, 1.807) is 30.3 Å². The second-order valence-corrected chi connectivity index (χ2v) is 11.6. The molecule has 0 saturated carbocycles. The Balaban J connectivity index is 1.37. The summed E-state index contributed by atoms with van der Waals surface area (Å²) in [5, 5.41) is 5.10. The molecule has 0 bridgehead atoms. The van der Waals surface area contributed by atoms with Crippen molar-refractivity contribution in [3.8, 4) is 0 Å². The lowest BCUT2D eigenvalue weighted by molar-refractivity contribution is -0.182. The number of anilines is 1. The number of fused-ring (bicyclic) bond motifs is 1. The van der Waals surface area contributed by atoms with Crippen LogP contribution in [0.3, 0.4) is 0 Å². The number of imide groups is 1. The summed E-state index contributed by atoms with van der Waals surface area (Å²) in [6.45, 7) is 7.77. The van der Waals surface area contributed by atoms with Crippen LogP contribution in [0, 0.1) is 5.82 Å². The van der Waals surface area contributed by atoms with E-state index in [1.165, 1.54) is 11.0 Å². The molecule has 3 amide bonds. The molecule has 3 heterocycles. The van der Waals surface area contributed by atoms with Crippen molar-refractivity contribution in [2.45, 2.75) is 77.4 Å². The number of carbonyl (C=O) groups excluding carboxylic acids is 3. The molecular formula is C29H35FN4O4. The average molecular weight is 525 g/mol. The number of morpholine rings is 1. The van der Waals surface area contributed by atoms with Gasteiger partial charge in [-0.05, 0) is 63.9 Å². The number of benzene rings is 2. The average Bonchev–Trinajstić information content (AvgIpc) is 3.15. The fourth-order valence-corrected chi connectivity index (χ4v) is 5.92. The van der Waals surface area contributed by atoms with Crippen LogP contribution in [0.2, 0.25) is 0 Å². The predicted molar refractivity (Wildman–Crippen MR) is 141 cm³/mol. The van der Waals surface area contributed by atoms with Crippen LogP contribution in [-0.2, 0) is 33.9 Å². The number of halogens is 1. The smallest absolute Gasteiger partial charge is 0.255 e. The van der Waals surface area contributed by atoms with Gasteiger partial charge in [0.15, 0.2) is 0 Å². The van der Waals surface area contributed by atoms with E-state index in [2.05, 4.69) is 15.5 Å². The van der Waals surface area contributed by atoms with E-state index in [0.29, 0.717) is 36.4 Å². The summed E-state index contributed by atoms with van der Waals surface area (Å²) < 4.78 is 38.8. The molecule has 38 heavy (non-hydrogen) atoms. The number of ether oxygens (including phenoxy) is 1. The molecule has 0 spiro atoms. The van der Waals surface area contributed by atoms with E-state index < -0.39 is 24.3 Å². The van der Waals surface area contributed by atoms with Gasteiger partial charge in [0.1, 0.15) is 11.9 Å². The third-order valence-corrected chi connectivity index (χ3v) is 7.11. The Morgan fingerprint density at radius 1 is 1.13 bits per heavy atom. The van der Waals surface area contributed by atoms with Gasteiger partial charge < -0.3 is 15.0 Å². The fourth-order valence-electron chi connectivity index (χ4n) is 5.92. The highest BCUT2D eigenvalue weighted by Crippen LogP contribution is 2.33. The SMILES string of the molecule is [2H]C([2H])(Nc1cccc2c1CN(C1CCC(=O)NC1=O)C2=O)c1cc(CN2CC(C)(C)OC(C)(C)C2)ccc1F. The summed E-state index contributed by atoms with van der Waals surface area (Å²) >= 11 is 0. The van der Waals surface area contributed by atoms with Crippen molar-refractivity contribution in [3.63, 3.8) is 0 Å². The summed E-state index contributed by atoms with van der Waals surface area (Å²) in [6.07, 6.45) is 0.364. The fraction of sp³-hybridized carbons (Fsp3) is 0.483. The van der Waals surface area contributed by atoms with Gasteiger partial charge >= 0.3 is 0 Å². The van der Waals surface area contributed by atoms with Crippen LogP contribution in [-0.4, -0.2) is 57.9 Å². The normalized spacial score (nSPS) is 24.0. The molecule has 0 aromatic heterocycles. The van der Waals surface area contributed by atoms with Gasteiger partial charge in [0.2, 0.25) is 11.8 Å². The third kappa shape index (κ3) is 5.44. The Labute approximate surface area is 225 Å². The molecule has 2 aromatic carbocycles. The van der Waals surface area contributed by atoms with E-state index in [4.69, 9.17) is 7.48 Å². The van der Waals surface area contributed by atoms with Crippen molar-refractivity contribution in [1.29, 1.82) is 0 Å². The summed E-state index contributed by atoms with van der Waals surface area (Å²) in [4.78, 5) is 40.8. The molecule has 2 fully saturated rings. The zero-order chi connectivity index (χ0) is 29.0. The maximum atomic E-state index is 15.1. The van der Waals surface area contributed by atoms with Crippen molar-refractivity contribution in [1.82, 2.24) is 15.1 Å². The molecule has 1 unspecified atom stereocenters. The molecule has 3 aliphatic heterocycles. The van der Waals surface area contributed by atoms with Crippen LogP contribution in [0.4, 0.5) is 10.1 Å². The van der Waals surface area contributed by atoms with Crippen molar-refractivity contribution in [2.24, 2.45) is 0 Å². The summed E-state index contributed by atoms with van der Waals surface area (Å²) in [5.74, 6) is -1.93. The standard InChI is InChI=1S/C29H35FN4O4/c1-28(2)16-33(17-29(3,4)38-28)14-18-8-9-22(30)19(12-18)13-31-23-7-5-6-20-21(23)15-34(27(20)37)24-10-11-25(35)32-26(24)36/h5-9,12,24,31H,10-11,13-17H2,1-4H3,(H,32,35,36)/i13D2. The Bertz CT molecular complexity index is 1360. The van der Waals surface area contributed by atoms with E-state index in [9.17, 15) is 14.4 Å². The van der Waals surface area contributed by atoms with E-state index in [0.717, 1.165) is 5.56 Å². The lowest BCUT2D eigenvalue weighted by Gasteiger charge is -2.47. The molecule has 0 radical (unpaired) electrons. The predicted octanol–water partition coefficient (Wildman–Crippen LogP) is 3.59. The first-order valence-electron chi connectivity index (χ1n) is 13.9. The Kier molecular flexibility index (Phi) is 6.12. The molecule has 0 aliphatic carbocycles. The zero-order valence-corrected chi connectivity index (χ0v) is 22.2. The van der Waals surface area contributed by atoms with Crippen LogP contribution in [0.5, 0.6) is 0 Å². The summed E-state index contributed by atoms with van der Waals surface area (Å²) in [5.41, 5.74) is 1.13. The maximum absolute atomic E-state index is 15.1. The number of rotatable bonds is 6. The molecule has 5 rings (SSSR count). The first-order chi connectivity index (χ1) is 18.6. The first-order valence-corrected chi connectivity index (χ1v) is 12.9. The largest absolute Gasteiger partial charge is 0.381 e. The highest BCUT2D eigenvalue weighted by atomic mass is 19.1. The van der Waals surface area contributed by atoms with Crippen molar-refractivity contribution < 1.29 is 26.3 Å². The molecule has 1 atom stereocenters. The molecule has 9 heteroatoms. The molecule has 2 aromatic rings. The third-order valence-electron chi connectivity index (χ3n) is 7.11. The molecule has 2 N–H and O–H groups in total. The van der Waals surface area contributed by atoms with Crippen LogP contribution < -0.4 is 10.6 Å². The van der Waals surface area contributed by atoms with E-state index >= 15 is 4.39 Å². The molecule has 3 aliphatic rings. The number of piperidine rings is 1. The van der Waals surface area contributed by atoms with Gasteiger partial charge in [-0.25, -0.2) is 4.39 Å². The van der Waals surface area contributed by atoms with Gasteiger partial charge in [0.05, 0.1) is 13.9 Å². The monoisotopic (exact) mass is 524 g/mol. The Morgan fingerprint density at radius 2 is 1.87 bits per heavy atom. The van der Waals surface area contributed by atoms with Gasteiger partial charge in [0, 0.05) is 61.5 Å². The van der Waals surface area contributed by atoms with Crippen LogP contribution in [0.1, 0.15) is 70.3 Å². The Hall–Kier alpha value is -3.30. The van der Waals surface area contributed by atoms with E-state index in [1.807, 2.05) is 27.7 Å². The maximum Gasteiger partial charge on any atom is 0.255 e. The van der Waals surface area contributed by atoms with Crippen molar-refractivity contribution in [2.75, 3.05) is 18.4 Å². The molecule has 2 saturated heterocycles. The second-order valence-electron chi connectivity index (χ2n) is 11.6. The minimum absolute atomic E-state index is 0.0742. The second kappa shape index (κ2) is 9.78. The molecule has 202 valence electrons. The highest BCUT2D eigenvalue weighted by molar-refractivity contribution is 6.06. The van der Waals surface area contributed by atoms with Gasteiger partial charge in [-0.1, -0.05) is 12.1 Å².